The Balaban J connectivity index is 1.51. The SMILES string of the molecule is Clc1ccc(-c2ccc(-n3c4ccccc4c4c5c(-c6ccccc6)cccc5ccc43)cc2)cc1. The number of para-hydroxylation sites is 1. The monoisotopic (exact) mass is 479 g/mol. The van der Waals surface area contributed by atoms with Gasteiger partial charge in [-0.3, -0.25) is 0 Å². The smallest absolute Gasteiger partial charge is 0.0547 e. The van der Waals surface area contributed by atoms with Crippen molar-refractivity contribution in [1.82, 2.24) is 4.57 Å². The molecule has 0 atom stereocenters. The molecule has 0 N–H and O–H groups in total. The summed E-state index contributed by atoms with van der Waals surface area (Å²) in [5, 5.41) is 5.87. The van der Waals surface area contributed by atoms with E-state index in [-0.39, 0.29) is 0 Å². The molecule has 170 valence electrons. The van der Waals surface area contributed by atoms with Crippen molar-refractivity contribution in [1.29, 1.82) is 0 Å². The fourth-order valence-electron chi connectivity index (χ4n) is 5.42. The summed E-state index contributed by atoms with van der Waals surface area (Å²) in [5.74, 6) is 0. The molecule has 0 aliphatic carbocycles. The maximum atomic E-state index is 6.09. The Morgan fingerprint density at radius 2 is 1.14 bits per heavy atom. The van der Waals surface area contributed by atoms with Crippen molar-refractivity contribution in [3.05, 3.63) is 138 Å². The Bertz CT molecular complexity index is 1860. The lowest BCUT2D eigenvalue weighted by Crippen LogP contribution is -1.94. The maximum absolute atomic E-state index is 6.09. The quantitative estimate of drug-likeness (QED) is 0.237. The second kappa shape index (κ2) is 8.41. The van der Waals surface area contributed by atoms with Gasteiger partial charge in [0.15, 0.2) is 0 Å². The first kappa shape index (κ1) is 21.0. The van der Waals surface area contributed by atoms with Gasteiger partial charge < -0.3 is 4.57 Å². The number of fused-ring (bicyclic) bond motifs is 5. The van der Waals surface area contributed by atoms with Crippen LogP contribution in [0.2, 0.25) is 5.02 Å². The second-order valence-corrected chi connectivity index (χ2v) is 9.57. The molecule has 0 aliphatic rings. The van der Waals surface area contributed by atoms with Gasteiger partial charge in [0.2, 0.25) is 0 Å². The van der Waals surface area contributed by atoms with Crippen molar-refractivity contribution in [2.24, 2.45) is 0 Å². The van der Waals surface area contributed by atoms with Gasteiger partial charge >= 0.3 is 0 Å². The first-order chi connectivity index (χ1) is 17.8. The molecule has 0 aliphatic heterocycles. The number of rotatable bonds is 3. The van der Waals surface area contributed by atoms with Gasteiger partial charge in [-0.15, -0.1) is 0 Å². The molecule has 0 radical (unpaired) electrons. The van der Waals surface area contributed by atoms with Crippen LogP contribution in [-0.4, -0.2) is 4.57 Å². The molecule has 6 aromatic carbocycles. The molecule has 0 saturated carbocycles. The third-order valence-corrected chi connectivity index (χ3v) is 7.32. The largest absolute Gasteiger partial charge is 0.309 e. The normalized spacial score (nSPS) is 11.5. The third-order valence-electron chi connectivity index (χ3n) is 7.07. The van der Waals surface area contributed by atoms with E-state index in [1.54, 1.807) is 0 Å². The average molecular weight is 480 g/mol. The van der Waals surface area contributed by atoms with E-state index in [4.69, 9.17) is 11.6 Å². The zero-order chi connectivity index (χ0) is 24.1. The molecule has 0 bridgehead atoms. The summed E-state index contributed by atoms with van der Waals surface area (Å²) in [5.41, 5.74) is 8.41. The molecule has 0 spiro atoms. The highest BCUT2D eigenvalue weighted by molar-refractivity contribution is 6.30. The van der Waals surface area contributed by atoms with Crippen LogP contribution in [-0.2, 0) is 0 Å². The molecular weight excluding hydrogens is 458 g/mol. The predicted molar refractivity (Wildman–Crippen MR) is 154 cm³/mol. The molecule has 1 heterocycles. The van der Waals surface area contributed by atoms with E-state index in [2.05, 4.69) is 126 Å². The highest BCUT2D eigenvalue weighted by atomic mass is 35.5. The van der Waals surface area contributed by atoms with E-state index in [0.29, 0.717) is 0 Å². The van der Waals surface area contributed by atoms with Crippen LogP contribution in [0.3, 0.4) is 0 Å². The summed E-state index contributed by atoms with van der Waals surface area (Å²) in [6.07, 6.45) is 0. The summed E-state index contributed by atoms with van der Waals surface area (Å²) in [4.78, 5) is 0. The second-order valence-electron chi connectivity index (χ2n) is 9.14. The number of nitrogens with zero attached hydrogens (tertiary/aromatic N) is 1. The van der Waals surface area contributed by atoms with Gasteiger partial charge in [0.1, 0.15) is 0 Å². The maximum Gasteiger partial charge on any atom is 0.0547 e. The van der Waals surface area contributed by atoms with Crippen LogP contribution in [0.1, 0.15) is 0 Å². The molecule has 1 aromatic heterocycles. The van der Waals surface area contributed by atoms with Crippen molar-refractivity contribution in [2.75, 3.05) is 0 Å². The molecule has 0 saturated heterocycles. The Morgan fingerprint density at radius 3 is 1.92 bits per heavy atom. The number of halogens is 1. The fourth-order valence-corrected chi connectivity index (χ4v) is 5.54. The molecule has 0 unspecified atom stereocenters. The summed E-state index contributed by atoms with van der Waals surface area (Å²) < 4.78 is 2.39. The zero-order valence-electron chi connectivity index (χ0n) is 19.5. The van der Waals surface area contributed by atoms with Gasteiger partial charge in [0.05, 0.1) is 11.0 Å². The third kappa shape index (κ3) is 3.32. The molecule has 36 heavy (non-hydrogen) atoms. The number of hydrogen-bond donors (Lipinski definition) is 0. The van der Waals surface area contributed by atoms with Crippen molar-refractivity contribution in [3.63, 3.8) is 0 Å². The lowest BCUT2D eigenvalue weighted by atomic mass is 9.94. The van der Waals surface area contributed by atoms with Gasteiger partial charge in [-0.1, -0.05) is 109 Å². The minimum absolute atomic E-state index is 0.753. The Labute approximate surface area is 214 Å². The van der Waals surface area contributed by atoms with E-state index < -0.39 is 0 Å². The highest BCUT2D eigenvalue weighted by Gasteiger charge is 2.17. The van der Waals surface area contributed by atoms with Crippen LogP contribution in [0.5, 0.6) is 0 Å². The number of hydrogen-bond acceptors (Lipinski definition) is 0. The molecule has 2 heteroatoms. The minimum atomic E-state index is 0.753. The van der Waals surface area contributed by atoms with Gasteiger partial charge in [0, 0.05) is 21.5 Å². The van der Waals surface area contributed by atoms with E-state index >= 15 is 0 Å². The Morgan fingerprint density at radius 1 is 0.444 bits per heavy atom. The van der Waals surface area contributed by atoms with Gasteiger partial charge in [-0.25, -0.2) is 0 Å². The summed E-state index contributed by atoms with van der Waals surface area (Å²) in [6, 6.07) is 47.4. The van der Waals surface area contributed by atoms with E-state index in [1.807, 2.05) is 12.1 Å². The molecule has 0 amide bonds. The lowest BCUT2D eigenvalue weighted by Gasteiger charge is -2.11. The number of aromatic nitrogens is 1. The van der Waals surface area contributed by atoms with Crippen LogP contribution in [0.25, 0.3) is 60.5 Å². The first-order valence-corrected chi connectivity index (χ1v) is 12.5. The summed E-state index contributed by atoms with van der Waals surface area (Å²) in [6.45, 7) is 0. The van der Waals surface area contributed by atoms with Crippen LogP contribution < -0.4 is 0 Å². The average Bonchev–Trinajstić information content (AvgIpc) is 3.28. The topological polar surface area (TPSA) is 4.93 Å². The predicted octanol–water partition coefficient (Wildman–Crippen LogP) is 9.92. The van der Waals surface area contributed by atoms with E-state index in [0.717, 1.165) is 16.3 Å². The van der Waals surface area contributed by atoms with Crippen molar-refractivity contribution < 1.29 is 0 Å². The Kier molecular flexibility index (Phi) is 4.90. The van der Waals surface area contributed by atoms with Gasteiger partial charge in [-0.05, 0) is 69.4 Å². The standard InChI is InChI=1S/C34H22ClN/c35-27-18-13-23(14-19-27)24-15-20-28(21-16-24)36-31-12-5-4-10-30(31)34-32(36)22-17-26-9-6-11-29(33(26)34)25-7-2-1-3-8-25/h1-22H. The van der Waals surface area contributed by atoms with Crippen molar-refractivity contribution in [3.8, 4) is 27.9 Å². The summed E-state index contributed by atoms with van der Waals surface area (Å²) in [7, 11) is 0. The van der Waals surface area contributed by atoms with Crippen LogP contribution in [0, 0.1) is 0 Å². The number of benzene rings is 6. The fraction of sp³-hybridized carbons (Fsp3) is 0. The molecule has 0 fully saturated rings. The van der Waals surface area contributed by atoms with E-state index in [9.17, 15) is 0 Å². The van der Waals surface area contributed by atoms with E-state index in [1.165, 1.54) is 49.3 Å². The minimum Gasteiger partial charge on any atom is -0.309 e. The van der Waals surface area contributed by atoms with Crippen molar-refractivity contribution in [2.45, 2.75) is 0 Å². The van der Waals surface area contributed by atoms with Crippen molar-refractivity contribution >= 4 is 44.2 Å². The molecule has 7 aromatic rings. The zero-order valence-corrected chi connectivity index (χ0v) is 20.3. The van der Waals surface area contributed by atoms with Gasteiger partial charge in [-0.2, -0.15) is 0 Å². The van der Waals surface area contributed by atoms with Gasteiger partial charge in [0.25, 0.3) is 0 Å². The molecule has 7 rings (SSSR count). The lowest BCUT2D eigenvalue weighted by molar-refractivity contribution is 1.18. The van der Waals surface area contributed by atoms with Crippen LogP contribution in [0.15, 0.2) is 133 Å². The molecule has 1 nitrogen and oxygen atoms in total. The summed E-state index contributed by atoms with van der Waals surface area (Å²) >= 11 is 6.09. The Hall–Kier alpha value is -4.33. The molecular formula is C34H22ClN. The van der Waals surface area contributed by atoms with Crippen LogP contribution in [0.4, 0.5) is 0 Å². The van der Waals surface area contributed by atoms with Crippen LogP contribution >= 0.6 is 11.6 Å². The highest BCUT2D eigenvalue weighted by Crippen LogP contribution is 2.41. The first-order valence-electron chi connectivity index (χ1n) is 12.1.